The molecule has 0 bridgehead atoms. The van der Waals surface area contributed by atoms with E-state index in [2.05, 4.69) is 4.84 Å². The summed E-state index contributed by atoms with van der Waals surface area (Å²) >= 11 is 0. The molecule has 5 nitrogen and oxygen atoms in total. The minimum atomic E-state index is -4.02. The second kappa shape index (κ2) is 4.61. The van der Waals surface area contributed by atoms with E-state index < -0.39 is 15.4 Å². The van der Waals surface area contributed by atoms with Gasteiger partial charge in [0.05, 0.1) is 11.9 Å². The van der Waals surface area contributed by atoms with E-state index in [0.29, 0.717) is 12.8 Å². The molecule has 0 aromatic heterocycles. The number of allylic oxidation sites excluding steroid dienone is 2. The Hall–Kier alpha value is -0.430. The fourth-order valence-electron chi connectivity index (χ4n) is 1.98. The average Bonchev–Trinajstić information content (AvgIpc) is 2.09. The number of rotatable bonds is 3. The highest BCUT2D eigenvalue weighted by molar-refractivity contribution is 7.86. The lowest BCUT2D eigenvalue weighted by atomic mass is 9.85. The summed E-state index contributed by atoms with van der Waals surface area (Å²) in [6, 6.07) is 0. The molecule has 2 atom stereocenters. The predicted molar refractivity (Wildman–Crippen MR) is 56.6 cm³/mol. The van der Waals surface area contributed by atoms with Gasteiger partial charge in [0.2, 0.25) is 0 Å². The third-order valence-electron chi connectivity index (χ3n) is 3.02. The molecule has 15 heavy (non-hydrogen) atoms. The van der Waals surface area contributed by atoms with E-state index in [1.165, 1.54) is 0 Å². The normalized spacial score (nSPS) is 28.3. The number of hydrogen-bond donors (Lipinski definition) is 2. The molecule has 2 unspecified atom stereocenters. The summed E-state index contributed by atoms with van der Waals surface area (Å²) in [7, 11) is -4.02. The Morgan fingerprint density at radius 3 is 2.40 bits per heavy atom. The second-order valence-electron chi connectivity index (χ2n) is 4.12. The topological polar surface area (TPSA) is 89.6 Å². The van der Waals surface area contributed by atoms with Crippen molar-refractivity contribution in [1.82, 2.24) is 0 Å². The molecular weight excluding hydrogens is 218 g/mol. The Morgan fingerprint density at radius 1 is 1.40 bits per heavy atom. The summed E-state index contributed by atoms with van der Waals surface area (Å²) in [5.74, 6) is 4.70. The van der Waals surface area contributed by atoms with Gasteiger partial charge < -0.3 is 4.84 Å². The Kier molecular flexibility index (Phi) is 3.88. The van der Waals surface area contributed by atoms with E-state index in [4.69, 9.17) is 10.4 Å². The zero-order valence-corrected chi connectivity index (χ0v) is 9.75. The molecule has 0 fully saturated rings. The van der Waals surface area contributed by atoms with E-state index in [0.717, 1.165) is 11.1 Å². The summed E-state index contributed by atoms with van der Waals surface area (Å²) in [4.78, 5) is 4.49. The van der Waals surface area contributed by atoms with Crippen LogP contribution in [0.4, 0.5) is 0 Å². The fraction of sp³-hybridized carbons (Fsp3) is 0.778. The van der Waals surface area contributed by atoms with Crippen molar-refractivity contribution >= 4 is 10.1 Å². The molecule has 88 valence electrons. The minimum Gasteiger partial charge on any atom is -0.304 e. The molecule has 0 aromatic carbocycles. The van der Waals surface area contributed by atoms with Gasteiger partial charge in [0, 0.05) is 5.92 Å². The van der Waals surface area contributed by atoms with Crippen LogP contribution < -0.4 is 5.90 Å². The van der Waals surface area contributed by atoms with Crippen LogP contribution in [0.15, 0.2) is 11.1 Å². The van der Waals surface area contributed by atoms with Crippen LogP contribution >= 0.6 is 0 Å². The first-order valence-corrected chi connectivity index (χ1v) is 6.29. The van der Waals surface area contributed by atoms with Gasteiger partial charge in [-0.05, 0) is 26.7 Å². The third-order valence-corrected chi connectivity index (χ3v) is 4.34. The second-order valence-corrected chi connectivity index (χ2v) is 5.75. The summed E-state index contributed by atoms with van der Waals surface area (Å²) in [5.41, 5.74) is 2.17. The lowest BCUT2D eigenvalue weighted by molar-refractivity contribution is 0.0960. The average molecular weight is 235 g/mol. The van der Waals surface area contributed by atoms with E-state index in [-0.39, 0.29) is 12.5 Å². The molecule has 0 spiro atoms. The van der Waals surface area contributed by atoms with Gasteiger partial charge in [-0.25, -0.2) is 5.90 Å². The van der Waals surface area contributed by atoms with Crippen LogP contribution in [0.2, 0.25) is 0 Å². The van der Waals surface area contributed by atoms with Crippen molar-refractivity contribution in [1.29, 1.82) is 0 Å². The number of nitrogens with two attached hydrogens (primary N) is 1. The van der Waals surface area contributed by atoms with Crippen LogP contribution in [0, 0.1) is 5.92 Å². The fourth-order valence-corrected chi connectivity index (χ4v) is 3.10. The zero-order valence-electron chi connectivity index (χ0n) is 8.93. The van der Waals surface area contributed by atoms with Crippen LogP contribution in [0.5, 0.6) is 0 Å². The third kappa shape index (κ3) is 3.01. The monoisotopic (exact) mass is 235 g/mol. The van der Waals surface area contributed by atoms with Gasteiger partial charge in [-0.2, -0.15) is 8.42 Å². The Labute approximate surface area is 90.0 Å². The van der Waals surface area contributed by atoms with E-state index in [9.17, 15) is 8.42 Å². The van der Waals surface area contributed by atoms with Crippen molar-refractivity contribution < 1.29 is 17.8 Å². The van der Waals surface area contributed by atoms with Gasteiger partial charge in [0.1, 0.15) is 0 Å². The van der Waals surface area contributed by atoms with Crippen molar-refractivity contribution in [3.05, 3.63) is 11.1 Å². The van der Waals surface area contributed by atoms with Crippen molar-refractivity contribution in [3.63, 3.8) is 0 Å². The first kappa shape index (κ1) is 12.6. The maximum absolute atomic E-state index is 11.2. The largest absolute Gasteiger partial charge is 0.304 e. The molecule has 1 aliphatic carbocycles. The lowest BCUT2D eigenvalue weighted by Crippen LogP contribution is -2.36. The van der Waals surface area contributed by atoms with E-state index in [1.807, 2.05) is 13.8 Å². The zero-order chi connectivity index (χ0) is 11.6. The maximum atomic E-state index is 11.2. The van der Waals surface area contributed by atoms with Crippen molar-refractivity contribution in [2.24, 2.45) is 11.8 Å². The van der Waals surface area contributed by atoms with Crippen molar-refractivity contribution in [3.8, 4) is 0 Å². The summed E-state index contributed by atoms with van der Waals surface area (Å²) in [6.45, 7) is 3.99. The molecular formula is C9H17NO4S. The highest BCUT2D eigenvalue weighted by Crippen LogP contribution is 2.33. The van der Waals surface area contributed by atoms with Crippen molar-refractivity contribution in [2.75, 3.05) is 6.61 Å². The van der Waals surface area contributed by atoms with Crippen LogP contribution in [-0.4, -0.2) is 24.8 Å². The van der Waals surface area contributed by atoms with Gasteiger partial charge >= 0.3 is 0 Å². The Bertz CT molecular complexity index is 360. The highest BCUT2D eigenvalue weighted by Gasteiger charge is 2.35. The van der Waals surface area contributed by atoms with Gasteiger partial charge in [-0.3, -0.25) is 4.55 Å². The van der Waals surface area contributed by atoms with Gasteiger partial charge in [0.25, 0.3) is 10.1 Å². The minimum absolute atomic E-state index is 0.148. The van der Waals surface area contributed by atoms with Crippen LogP contribution in [-0.2, 0) is 15.0 Å². The molecule has 3 N–H and O–H groups in total. The molecule has 0 aliphatic heterocycles. The van der Waals surface area contributed by atoms with Crippen molar-refractivity contribution in [2.45, 2.75) is 31.9 Å². The van der Waals surface area contributed by atoms with E-state index >= 15 is 0 Å². The van der Waals surface area contributed by atoms with Gasteiger partial charge in [-0.15, -0.1) is 0 Å². The summed E-state index contributed by atoms with van der Waals surface area (Å²) < 4.78 is 31.4. The van der Waals surface area contributed by atoms with Crippen LogP contribution in [0.3, 0.4) is 0 Å². The summed E-state index contributed by atoms with van der Waals surface area (Å²) in [6.07, 6.45) is 0.964. The van der Waals surface area contributed by atoms with Crippen LogP contribution in [0.25, 0.3) is 0 Å². The molecule has 0 amide bonds. The molecule has 1 rings (SSSR count). The first-order valence-electron chi connectivity index (χ1n) is 4.79. The smallest absolute Gasteiger partial charge is 0.268 e. The van der Waals surface area contributed by atoms with Crippen LogP contribution in [0.1, 0.15) is 26.7 Å². The molecule has 0 saturated heterocycles. The lowest BCUT2D eigenvalue weighted by Gasteiger charge is -2.30. The molecule has 0 aromatic rings. The SMILES string of the molecule is CC1=C(C)CC(S(=O)(=O)O)C(CON)C1. The molecule has 0 saturated carbocycles. The maximum Gasteiger partial charge on any atom is 0.268 e. The molecule has 1 aliphatic rings. The number of hydrogen-bond acceptors (Lipinski definition) is 4. The molecule has 0 radical (unpaired) electrons. The van der Waals surface area contributed by atoms with E-state index in [1.54, 1.807) is 0 Å². The van der Waals surface area contributed by atoms with Gasteiger partial charge in [-0.1, -0.05) is 11.1 Å². The Balaban J connectivity index is 2.94. The standard InChI is InChI=1S/C9H17NO4S/c1-6-3-8(5-14-10)9(4-7(6)2)15(11,12)13/h8-9H,3-5,10H2,1-2H3,(H,11,12,13). The summed E-state index contributed by atoms with van der Waals surface area (Å²) in [5, 5.41) is -0.787. The quantitative estimate of drug-likeness (QED) is 0.430. The van der Waals surface area contributed by atoms with Gasteiger partial charge in [0.15, 0.2) is 0 Å². The Morgan fingerprint density at radius 2 is 1.93 bits per heavy atom. The molecule has 0 heterocycles. The molecule has 6 heteroatoms. The first-order chi connectivity index (χ1) is 6.86. The predicted octanol–water partition coefficient (Wildman–Crippen LogP) is 0.880. The highest BCUT2D eigenvalue weighted by atomic mass is 32.2.